The molecule has 2 aromatic heterocycles. The number of pyridine rings is 1. The molecule has 4 rings (SSSR count). The highest BCUT2D eigenvalue weighted by Crippen LogP contribution is 2.42. The SMILES string of the molecule is Cc1cc(O)c(-c2cc(-c3ccccc3O)c3c(n2)CC(C)(C)CC3=O)c(=O)o1. The van der Waals surface area contributed by atoms with E-state index in [0.717, 1.165) is 0 Å². The Balaban J connectivity index is 2.06. The number of benzene rings is 1. The Bertz CT molecular complexity index is 1210. The summed E-state index contributed by atoms with van der Waals surface area (Å²) in [6.07, 6.45) is 0.889. The van der Waals surface area contributed by atoms with Crippen LogP contribution in [0.25, 0.3) is 22.4 Å². The van der Waals surface area contributed by atoms with Crippen molar-refractivity contribution in [1.82, 2.24) is 4.98 Å². The molecule has 1 aliphatic rings. The Hall–Kier alpha value is -3.41. The van der Waals surface area contributed by atoms with Crippen LogP contribution in [0.3, 0.4) is 0 Å². The number of nitrogens with zero attached hydrogens (tertiary/aromatic N) is 1. The summed E-state index contributed by atoms with van der Waals surface area (Å²) in [5, 5.41) is 20.8. The van der Waals surface area contributed by atoms with Gasteiger partial charge in [-0.25, -0.2) is 4.79 Å². The number of aromatic hydroxyl groups is 2. The molecule has 0 saturated carbocycles. The molecule has 0 unspecified atom stereocenters. The molecule has 2 heterocycles. The fraction of sp³-hybridized carbons (Fsp3) is 0.261. The number of aryl methyl sites for hydroxylation is 1. The number of ketones is 1. The van der Waals surface area contributed by atoms with E-state index in [1.807, 2.05) is 13.8 Å². The van der Waals surface area contributed by atoms with Gasteiger partial charge < -0.3 is 14.6 Å². The van der Waals surface area contributed by atoms with Gasteiger partial charge in [-0.2, -0.15) is 0 Å². The molecule has 0 bridgehead atoms. The lowest BCUT2D eigenvalue weighted by Crippen LogP contribution is -2.28. The van der Waals surface area contributed by atoms with Gasteiger partial charge in [0.15, 0.2) is 5.78 Å². The van der Waals surface area contributed by atoms with Gasteiger partial charge in [-0.1, -0.05) is 32.0 Å². The number of rotatable bonds is 2. The number of hydrogen-bond donors (Lipinski definition) is 2. The van der Waals surface area contributed by atoms with E-state index < -0.39 is 5.63 Å². The van der Waals surface area contributed by atoms with Gasteiger partial charge in [-0.15, -0.1) is 0 Å². The zero-order valence-corrected chi connectivity index (χ0v) is 16.4. The van der Waals surface area contributed by atoms with E-state index in [0.29, 0.717) is 35.2 Å². The molecule has 2 N–H and O–H groups in total. The van der Waals surface area contributed by atoms with Crippen LogP contribution in [0.1, 0.15) is 42.1 Å². The maximum atomic E-state index is 13.0. The summed E-state index contributed by atoms with van der Waals surface area (Å²) in [4.78, 5) is 30.0. The number of aromatic nitrogens is 1. The Kier molecular flexibility index (Phi) is 4.30. The Morgan fingerprint density at radius 1 is 0.966 bits per heavy atom. The summed E-state index contributed by atoms with van der Waals surface area (Å²) in [5.41, 5.74) is 1.10. The average Bonchev–Trinajstić information content (AvgIpc) is 2.59. The van der Waals surface area contributed by atoms with E-state index in [4.69, 9.17) is 4.42 Å². The van der Waals surface area contributed by atoms with Crippen molar-refractivity contribution in [3.05, 3.63) is 63.8 Å². The molecule has 0 atom stereocenters. The Morgan fingerprint density at radius 3 is 2.38 bits per heavy atom. The zero-order chi connectivity index (χ0) is 20.9. The first-order chi connectivity index (χ1) is 13.7. The normalized spacial score (nSPS) is 15.2. The second-order valence-corrected chi connectivity index (χ2v) is 8.24. The molecule has 0 fully saturated rings. The standard InChI is InChI=1S/C23H21NO5/c1-12-8-18(26)21(22(28)29-12)15-9-14(13-6-4-5-7-17(13)25)20-16(24-15)10-23(2,3)11-19(20)27/h4-9,25-26H,10-11H2,1-3H3. The molecular formula is C23H21NO5. The molecule has 0 radical (unpaired) electrons. The van der Waals surface area contributed by atoms with Crippen LogP contribution in [0.2, 0.25) is 0 Å². The highest BCUT2D eigenvalue weighted by molar-refractivity contribution is 6.05. The first-order valence-corrected chi connectivity index (χ1v) is 9.36. The van der Waals surface area contributed by atoms with Crippen LogP contribution >= 0.6 is 0 Å². The molecule has 1 aliphatic carbocycles. The molecule has 6 nitrogen and oxygen atoms in total. The highest BCUT2D eigenvalue weighted by Gasteiger charge is 2.35. The van der Waals surface area contributed by atoms with Gasteiger partial charge in [0.25, 0.3) is 0 Å². The molecule has 6 heteroatoms. The van der Waals surface area contributed by atoms with Gasteiger partial charge in [0.1, 0.15) is 22.8 Å². The number of carbonyl (C=O) groups is 1. The average molecular weight is 391 g/mol. The Morgan fingerprint density at radius 2 is 1.69 bits per heavy atom. The van der Waals surface area contributed by atoms with Crippen LogP contribution in [0.4, 0.5) is 0 Å². The third-order valence-electron chi connectivity index (χ3n) is 5.16. The fourth-order valence-electron chi connectivity index (χ4n) is 3.95. The topological polar surface area (TPSA) is 101 Å². The zero-order valence-electron chi connectivity index (χ0n) is 16.4. The third-order valence-corrected chi connectivity index (χ3v) is 5.16. The minimum absolute atomic E-state index is 0.0182. The van der Waals surface area contributed by atoms with Gasteiger partial charge >= 0.3 is 5.63 Å². The minimum Gasteiger partial charge on any atom is -0.507 e. The van der Waals surface area contributed by atoms with Crippen LogP contribution in [-0.2, 0) is 6.42 Å². The quantitative estimate of drug-likeness (QED) is 0.677. The van der Waals surface area contributed by atoms with Crippen molar-refractivity contribution in [2.45, 2.75) is 33.6 Å². The molecule has 0 saturated heterocycles. The number of para-hydroxylation sites is 1. The van der Waals surface area contributed by atoms with Crippen molar-refractivity contribution in [2.75, 3.05) is 0 Å². The molecule has 29 heavy (non-hydrogen) atoms. The number of hydrogen-bond acceptors (Lipinski definition) is 6. The second kappa shape index (κ2) is 6.58. The van der Waals surface area contributed by atoms with Gasteiger partial charge in [-0.3, -0.25) is 9.78 Å². The maximum Gasteiger partial charge on any atom is 0.349 e. The van der Waals surface area contributed by atoms with Gasteiger partial charge in [-0.05, 0) is 30.9 Å². The summed E-state index contributed by atoms with van der Waals surface area (Å²) in [6, 6.07) is 9.61. The predicted octanol–water partition coefficient (Wildman–Crippen LogP) is 4.24. The molecule has 0 aliphatic heterocycles. The van der Waals surface area contributed by atoms with Crippen LogP contribution in [0, 0.1) is 12.3 Å². The predicted molar refractivity (Wildman–Crippen MR) is 108 cm³/mol. The van der Waals surface area contributed by atoms with E-state index in [1.165, 1.54) is 12.1 Å². The summed E-state index contributed by atoms with van der Waals surface area (Å²) >= 11 is 0. The van der Waals surface area contributed by atoms with E-state index in [1.54, 1.807) is 31.2 Å². The summed E-state index contributed by atoms with van der Waals surface area (Å²) in [6.45, 7) is 5.54. The molecule has 1 aromatic carbocycles. The largest absolute Gasteiger partial charge is 0.507 e. The minimum atomic E-state index is -0.709. The lowest BCUT2D eigenvalue weighted by molar-refractivity contribution is 0.0911. The van der Waals surface area contributed by atoms with Crippen LogP contribution in [0.5, 0.6) is 11.5 Å². The molecule has 0 spiro atoms. The number of Topliss-reactive ketones (excluding diaryl/α,β-unsaturated/α-hetero) is 1. The number of phenols is 1. The number of carbonyl (C=O) groups excluding carboxylic acids is 1. The van der Waals surface area contributed by atoms with Crippen LogP contribution < -0.4 is 5.63 Å². The Labute approximate surface area is 167 Å². The number of phenolic OH excluding ortho intramolecular Hbond substituents is 1. The van der Waals surface area contributed by atoms with E-state index in [-0.39, 0.29) is 39.7 Å². The van der Waals surface area contributed by atoms with Gasteiger partial charge in [0.05, 0.1) is 11.4 Å². The van der Waals surface area contributed by atoms with E-state index >= 15 is 0 Å². The second-order valence-electron chi connectivity index (χ2n) is 8.24. The van der Waals surface area contributed by atoms with Gasteiger partial charge in [0.2, 0.25) is 0 Å². The molecular weight excluding hydrogens is 370 g/mol. The highest BCUT2D eigenvalue weighted by atomic mass is 16.4. The lowest BCUT2D eigenvalue weighted by atomic mass is 9.74. The molecule has 148 valence electrons. The first kappa shape index (κ1) is 18.9. The fourth-order valence-corrected chi connectivity index (χ4v) is 3.95. The van der Waals surface area contributed by atoms with Crippen LogP contribution in [0.15, 0.2) is 45.6 Å². The summed E-state index contributed by atoms with van der Waals surface area (Å²) < 4.78 is 5.15. The summed E-state index contributed by atoms with van der Waals surface area (Å²) in [7, 11) is 0. The number of fused-ring (bicyclic) bond motifs is 1. The van der Waals surface area contributed by atoms with Crippen molar-refractivity contribution in [3.8, 4) is 33.9 Å². The van der Waals surface area contributed by atoms with E-state index in [9.17, 15) is 19.8 Å². The van der Waals surface area contributed by atoms with Crippen molar-refractivity contribution < 1.29 is 19.4 Å². The lowest BCUT2D eigenvalue weighted by Gasteiger charge is -2.31. The third kappa shape index (κ3) is 3.31. The van der Waals surface area contributed by atoms with Crippen molar-refractivity contribution in [3.63, 3.8) is 0 Å². The monoisotopic (exact) mass is 391 g/mol. The van der Waals surface area contributed by atoms with E-state index in [2.05, 4.69) is 4.98 Å². The van der Waals surface area contributed by atoms with Crippen LogP contribution in [-0.4, -0.2) is 21.0 Å². The van der Waals surface area contributed by atoms with Gasteiger partial charge in [0, 0.05) is 29.2 Å². The van der Waals surface area contributed by atoms with Crippen molar-refractivity contribution in [2.24, 2.45) is 5.41 Å². The smallest absolute Gasteiger partial charge is 0.349 e. The molecule has 3 aromatic rings. The van der Waals surface area contributed by atoms with Crippen molar-refractivity contribution >= 4 is 5.78 Å². The molecule has 0 amide bonds. The maximum absolute atomic E-state index is 13.0. The summed E-state index contributed by atoms with van der Waals surface area (Å²) in [5.74, 6) is 0.000593. The van der Waals surface area contributed by atoms with Crippen molar-refractivity contribution in [1.29, 1.82) is 0 Å². The first-order valence-electron chi connectivity index (χ1n) is 9.36.